The Morgan fingerprint density at radius 3 is 2.73 bits per heavy atom. The molecule has 0 spiro atoms. The van der Waals surface area contributed by atoms with Crippen LogP contribution in [0.3, 0.4) is 0 Å². The van der Waals surface area contributed by atoms with Gasteiger partial charge in [-0.2, -0.15) is 0 Å². The second-order valence-electron chi connectivity index (χ2n) is 6.88. The largest absolute Gasteiger partial charge is 0.453 e. The molecule has 0 radical (unpaired) electrons. The van der Waals surface area contributed by atoms with E-state index in [1.54, 1.807) is 6.92 Å². The summed E-state index contributed by atoms with van der Waals surface area (Å²) in [5, 5.41) is 6.16. The lowest BCUT2D eigenvalue weighted by molar-refractivity contribution is -0.153. The highest BCUT2D eigenvalue weighted by Crippen LogP contribution is 2.25. The number of H-pyrrole nitrogens is 1. The molecule has 0 saturated carbocycles. The zero-order valence-electron chi connectivity index (χ0n) is 16.4. The van der Waals surface area contributed by atoms with E-state index < -0.39 is 18.0 Å². The van der Waals surface area contributed by atoms with Crippen LogP contribution >= 0.6 is 11.3 Å². The molecule has 2 aromatic heterocycles. The molecule has 1 atom stereocenters. The smallest absolute Gasteiger partial charge is 0.306 e. The zero-order chi connectivity index (χ0) is 20.9. The number of benzene rings is 2. The summed E-state index contributed by atoms with van der Waals surface area (Å²) in [6.45, 7) is 1.56. The van der Waals surface area contributed by atoms with Crippen LogP contribution in [0.1, 0.15) is 18.9 Å². The van der Waals surface area contributed by atoms with Crippen LogP contribution < -0.4 is 5.32 Å². The van der Waals surface area contributed by atoms with Crippen molar-refractivity contribution in [3.63, 3.8) is 0 Å². The molecule has 0 unspecified atom stereocenters. The number of aryl methyl sites for hydroxylation is 1. The number of aromatic nitrogens is 2. The lowest BCUT2D eigenvalue weighted by Crippen LogP contribution is -2.30. The summed E-state index contributed by atoms with van der Waals surface area (Å²) in [4.78, 5) is 32.2. The summed E-state index contributed by atoms with van der Waals surface area (Å²) in [5.41, 5.74) is 3.85. The van der Waals surface area contributed by atoms with Gasteiger partial charge in [0.2, 0.25) is 0 Å². The van der Waals surface area contributed by atoms with E-state index in [4.69, 9.17) is 4.74 Å². The average molecular weight is 420 g/mol. The van der Waals surface area contributed by atoms with Crippen LogP contribution in [0.4, 0.5) is 5.13 Å². The number of para-hydroxylation sites is 1. The number of nitrogens with zero attached hydrogens (tertiary/aromatic N) is 1. The van der Waals surface area contributed by atoms with Crippen molar-refractivity contribution < 1.29 is 14.3 Å². The maximum atomic E-state index is 12.4. The maximum absolute atomic E-state index is 12.4. The number of aromatic amines is 1. The fourth-order valence-electron chi connectivity index (χ4n) is 3.16. The Labute approximate surface area is 177 Å². The van der Waals surface area contributed by atoms with Gasteiger partial charge >= 0.3 is 5.97 Å². The summed E-state index contributed by atoms with van der Waals surface area (Å²) in [6.07, 6.45) is 1.75. The highest BCUT2D eigenvalue weighted by Gasteiger charge is 2.19. The average Bonchev–Trinajstić information content (AvgIpc) is 3.40. The number of amides is 1. The molecule has 6 nitrogen and oxygen atoms in total. The van der Waals surface area contributed by atoms with Gasteiger partial charge in [0.05, 0.1) is 5.69 Å². The van der Waals surface area contributed by atoms with E-state index >= 15 is 0 Å². The molecular formula is C23H21N3O3S. The molecule has 0 bridgehead atoms. The van der Waals surface area contributed by atoms with Crippen molar-refractivity contribution in [2.75, 3.05) is 5.32 Å². The van der Waals surface area contributed by atoms with Crippen molar-refractivity contribution >= 4 is 39.2 Å². The van der Waals surface area contributed by atoms with Gasteiger partial charge in [-0.3, -0.25) is 14.9 Å². The standard InChI is InChI=1S/C23H21N3O3S/c1-15(22(28)26-23-25-20(14-30-23)16-7-3-2-4-8-16)29-21(27)12-11-17-13-24-19-10-6-5-9-18(17)19/h2-10,13-15,24H,11-12H2,1H3,(H,25,26,28)/t15-/m1/s1. The zero-order valence-corrected chi connectivity index (χ0v) is 17.2. The van der Waals surface area contributed by atoms with Crippen molar-refractivity contribution in [1.29, 1.82) is 0 Å². The van der Waals surface area contributed by atoms with Gasteiger partial charge in [-0.1, -0.05) is 48.5 Å². The Hall–Kier alpha value is -3.45. The van der Waals surface area contributed by atoms with E-state index in [9.17, 15) is 9.59 Å². The van der Waals surface area contributed by atoms with Crippen LogP contribution in [-0.2, 0) is 20.7 Å². The van der Waals surface area contributed by atoms with E-state index in [0.29, 0.717) is 11.6 Å². The number of nitrogens with one attached hydrogen (secondary N) is 2. The summed E-state index contributed by atoms with van der Waals surface area (Å²) >= 11 is 1.33. The molecule has 0 aliphatic rings. The molecule has 4 rings (SSSR count). The van der Waals surface area contributed by atoms with Crippen LogP contribution in [-0.4, -0.2) is 27.9 Å². The second kappa shape index (κ2) is 8.92. The van der Waals surface area contributed by atoms with E-state index in [1.165, 1.54) is 11.3 Å². The van der Waals surface area contributed by atoms with E-state index in [0.717, 1.165) is 27.7 Å². The molecule has 7 heteroatoms. The molecule has 4 aromatic rings. The van der Waals surface area contributed by atoms with E-state index in [1.807, 2.05) is 66.2 Å². The molecule has 2 heterocycles. The Morgan fingerprint density at radius 1 is 1.13 bits per heavy atom. The van der Waals surface area contributed by atoms with Crippen molar-refractivity contribution in [3.05, 3.63) is 71.7 Å². The van der Waals surface area contributed by atoms with E-state index in [-0.39, 0.29) is 6.42 Å². The molecule has 2 N–H and O–H groups in total. The summed E-state index contributed by atoms with van der Waals surface area (Å²) in [7, 11) is 0. The van der Waals surface area contributed by atoms with Gasteiger partial charge in [0.25, 0.3) is 5.91 Å². The molecule has 2 aromatic carbocycles. The van der Waals surface area contributed by atoms with Gasteiger partial charge in [0.1, 0.15) is 0 Å². The molecule has 0 aliphatic carbocycles. The number of carbonyl (C=O) groups is 2. The van der Waals surface area contributed by atoms with Gasteiger partial charge in [0.15, 0.2) is 11.2 Å². The Morgan fingerprint density at radius 2 is 1.90 bits per heavy atom. The van der Waals surface area contributed by atoms with Crippen LogP contribution in [0.15, 0.2) is 66.2 Å². The van der Waals surface area contributed by atoms with E-state index in [2.05, 4.69) is 15.3 Å². The highest BCUT2D eigenvalue weighted by molar-refractivity contribution is 7.14. The number of carbonyl (C=O) groups excluding carboxylic acids is 2. The molecular weight excluding hydrogens is 398 g/mol. The number of anilines is 1. The Balaban J connectivity index is 1.29. The predicted molar refractivity (Wildman–Crippen MR) is 118 cm³/mol. The van der Waals surface area contributed by atoms with Crippen molar-refractivity contribution in [2.24, 2.45) is 0 Å². The van der Waals surface area contributed by atoms with Gasteiger partial charge in [-0.25, -0.2) is 4.98 Å². The minimum Gasteiger partial charge on any atom is -0.453 e. The fraction of sp³-hybridized carbons (Fsp3) is 0.174. The minimum atomic E-state index is -0.899. The van der Waals surface area contributed by atoms with Crippen molar-refractivity contribution in [3.8, 4) is 11.3 Å². The third kappa shape index (κ3) is 4.58. The molecule has 152 valence electrons. The first kappa shape index (κ1) is 19.8. The third-order valence-corrected chi connectivity index (χ3v) is 5.51. The topological polar surface area (TPSA) is 84.1 Å². The van der Waals surface area contributed by atoms with Crippen LogP contribution in [0, 0.1) is 0 Å². The first-order chi connectivity index (χ1) is 14.6. The predicted octanol–water partition coefficient (Wildman–Crippen LogP) is 4.79. The fourth-order valence-corrected chi connectivity index (χ4v) is 3.89. The number of esters is 1. The van der Waals surface area contributed by atoms with Gasteiger partial charge < -0.3 is 9.72 Å². The number of hydrogen-bond acceptors (Lipinski definition) is 5. The first-order valence-corrected chi connectivity index (χ1v) is 10.5. The normalized spacial score (nSPS) is 11.9. The lowest BCUT2D eigenvalue weighted by Gasteiger charge is -2.12. The number of thiazole rings is 1. The quantitative estimate of drug-likeness (QED) is 0.422. The van der Waals surface area contributed by atoms with Crippen LogP contribution in [0.25, 0.3) is 22.2 Å². The molecule has 0 fully saturated rings. The Bertz CT molecular complexity index is 1170. The molecule has 0 aliphatic heterocycles. The van der Waals surface area contributed by atoms with Crippen LogP contribution in [0.2, 0.25) is 0 Å². The Kier molecular flexibility index (Phi) is 5.90. The number of fused-ring (bicyclic) bond motifs is 1. The van der Waals surface area contributed by atoms with Crippen molar-refractivity contribution in [1.82, 2.24) is 9.97 Å². The molecule has 30 heavy (non-hydrogen) atoms. The van der Waals surface area contributed by atoms with Crippen molar-refractivity contribution in [2.45, 2.75) is 25.9 Å². The summed E-state index contributed by atoms with van der Waals surface area (Å²) in [6, 6.07) is 17.7. The lowest BCUT2D eigenvalue weighted by atomic mass is 10.1. The van der Waals surface area contributed by atoms with Crippen LogP contribution in [0.5, 0.6) is 0 Å². The maximum Gasteiger partial charge on any atom is 0.306 e. The summed E-state index contributed by atoms with van der Waals surface area (Å²) < 4.78 is 5.30. The second-order valence-corrected chi connectivity index (χ2v) is 7.74. The highest BCUT2D eigenvalue weighted by atomic mass is 32.1. The SMILES string of the molecule is C[C@@H](OC(=O)CCc1c[nH]c2ccccc12)C(=O)Nc1nc(-c2ccccc2)cs1. The number of hydrogen-bond donors (Lipinski definition) is 2. The van der Waals surface area contributed by atoms with Gasteiger partial charge in [-0.05, 0) is 25.0 Å². The minimum absolute atomic E-state index is 0.203. The first-order valence-electron chi connectivity index (χ1n) is 9.66. The third-order valence-electron chi connectivity index (χ3n) is 4.75. The molecule has 0 saturated heterocycles. The molecule has 1 amide bonds. The van der Waals surface area contributed by atoms with Gasteiger partial charge in [0, 0.05) is 34.5 Å². The summed E-state index contributed by atoms with van der Waals surface area (Å²) in [5.74, 6) is -0.809. The monoisotopic (exact) mass is 419 g/mol. The number of rotatable bonds is 7. The number of ether oxygens (including phenoxy) is 1. The van der Waals surface area contributed by atoms with Gasteiger partial charge in [-0.15, -0.1) is 11.3 Å².